The number of fused-ring (bicyclic) bond motifs is 5. The van der Waals surface area contributed by atoms with Gasteiger partial charge in [0.05, 0.1) is 0 Å². The Labute approximate surface area is 138 Å². The molecule has 7 unspecified atom stereocenters. The lowest BCUT2D eigenvalue weighted by Gasteiger charge is -2.60. The van der Waals surface area contributed by atoms with Gasteiger partial charge in [-0.05, 0) is 98.7 Å². The van der Waals surface area contributed by atoms with Crippen LogP contribution in [0.2, 0.25) is 0 Å². The van der Waals surface area contributed by atoms with Crippen molar-refractivity contribution in [3.63, 3.8) is 0 Å². The van der Waals surface area contributed by atoms with Gasteiger partial charge in [-0.1, -0.05) is 38.8 Å². The highest BCUT2D eigenvalue weighted by Gasteiger charge is 2.58. The van der Waals surface area contributed by atoms with E-state index < -0.39 is 0 Å². The highest BCUT2D eigenvalue weighted by atomic mass is 14.6. The zero-order chi connectivity index (χ0) is 15.5. The molecule has 4 rings (SSSR count). The Balaban J connectivity index is 1.63. The van der Waals surface area contributed by atoms with Gasteiger partial charge in [0.1, 0.15) is 0 Å². The molecule has 22 heavy (non-hydrogen) atoms. The molecule has 4 saturated carbocycles. The maximum atomic E-state index is 2.70. The summed E-state index contributed by atoms with van der Waals surface area (Å²) in [7, 11) is 0. The molecule has 0 amide bonds. The van der Waals surface area contributed by atoms with E-state index in [1.165, 1.54) is 44.9 Å². The van der Waals surface area contributed by atoms with Gasteiger partial charge in [-0.3, -0.25) is 0 Å². The van der Waals surface area contributed by atoms with Crippen LogP contribution < -0.4 is 0 Å². The van der Waals surface area contributed by atoms with Crippen LogP contribution in [-0.2, 0) is 0 Å². The summed E-state index contributed by atoms with van der Waals surface area (Å²) in [4.78, 5) is 0. The predicted molar refractivity (Wildman–Crippen MR) is 94.6 cm³/mol. The highest BCUT2D eigenvalue weighted by molar-refractivity contribution is 5.23. The molecule has 0 aromatic heterocycles. The molecule has 7 atom stereocenters. The van der Waals surface area contributed by atoms with Crippen LogP contribution in [-0.4, -0.2) is 0 Å². The van der Waals surface area contributed by atoms with Gasteiger partial charge >= 0.3 is 0 Å². The van der Waals surface area contributed by atoms with Crippen molar-refractivity contribution >= 4 is 0 Å². The first-order valence-electron chi connectivity index (χ1n) is 10.1. The van der Waals surface area contributed by atoms with Crippen LogP contribution in [0.25, 0.3) is 0 Å². The quantitative estimate of drug-likeness (QED) is 0.441. The van der Waals surface area contributed by atoms with Gasteiger partial charge in [0.25, 0.3) is 0 Å². The van der Waals surface area contributed by atoms with Crippen molar-refractivity contribution in [1.82, 2.24) is 0 Å². The summed E-state index contributed by atoms with van der Waals surface area (Å²) in [5.41, 5.74) is 3.07. The van der Waals surface area contributed by atoms with Crippen LogP contribution in [0.3, 0.4) is 0 Å². The third-order valence-corrected chi connectivity index (χ3v) is 9.12. The van der Waals surface area contributed by atoms with Gasteiger partial charge in [0.15, 0.2) is 0 Å². The average molecular weight is 301 g/mol. The summed E-state index contributed by atoms with van der Waals surface area (Å²) in [6.07, 6.45) is 16.0. The van der Waals surface area contributed by atoms with Crippen LogP contribution in [0, 0.1) is 40.4 Å². The number of hydrogen-bond donors (Lipinski definition) is 0. The van der Waals surface area contributed by atoms with Crippen molar-refractivity contribution in [2.75, 3.05) is 0 Å². The van der Waals surface area contributed by atoms with Crippen molar-refractivity contribution in [2.24, 2.45) is 40.4 Å². The van der Waals surface area contributed by atoms with Crippen LogP contribution in [0.15, 0.2) is 11.6 Å². The topological polar surface area (TPSA) is 0 Å². The molecule has 0 saturated heterocycles. The zero-order valence-electron chi connectivity index (χ0n) is 15.3. The van der Waals surface area contributed by atoms with E-state index in [9.17, 15) is 0 Å². The maximum Gasteiger partial charge on any atom is -0.00853 e. The molecule has 0 nitrogen and oxygen atoms in total. The fraction of sp³-hybridized carbons (Fsp3) is 0.909. The van der Waals surface area contributed by atoms with Gasteiger partial charge in [0.2, 0.25) is 0 Å². The van der Waals surface area contributed by atoms with Crippen LogP contribution in [0.5, 0.6) is 0 Å². The molecule has 124 valence electrons. The minimum Gasteiger partial charge on any atom is -0.0879 e. The standard InChI is InChI=1S/C22H36/c1-5-16-7-9-19-18-8-6-17-14-15(2)10-12-22(17,4)20(18)11-13-21(16,19)3/h5,15,17-20H,6-14H2,1-4H3/b16-5-. The third kappa shape index (κ3) is 1.94. The molecule has 0 spiro atoms. The van der Waals surface area contributed by atoms with Crippen LogP contribution in [0.1, 0.15) is 85.5 Å². The first kappa shape index (κ1) is 15.3. The molecular weight excluding hydrogens is 264 g/mol. The SMILES string of the molecule is C/C=C1/CCC2C3CCC4CC(C)CCC4(C)C3CCC12C. The Morgan fingerprint density at radius 1 is 0.955 bits per heavy atom. The molecule has 0 aromatic carbocycles. The van der Waals surface area contributed by atoms with Crippen molar-refractivity contribution < 1.29 is 0 Å². The van der Waals surface area contributed by atoms with E-state index in [0.717, 1.165) is 29.6 Å². The molecule has 4 fully saturated rings. The van der Waals surface area contributed by atoms with Crippen LogP contribution >= 0.6 is 0 Å². The minimum atomic E-state index is 0.571. The lowest BCUT2D eigenvalue weighted by atomic mass is 9.44. The van der Waals surface area contributed by atoms with Gasteiger partial charge in [-0.25, -0.2) is 0 Å². The Morgan fingerprint density at radius 3 is 2.55 bits per heavy atom. The molecule has 4 aliphatic carbocycles. The third-order valence-electron chi connectivity index (χ3n) is 9.12. The molecule has 0 heterocycles. The van der Waals surface area contributed by atoms with Crippen molar-refractivity contribution in [3.8, 4) is 0 Å². The first-order chi connectivity index (χ1) is 10.5. The summed E-state index contributed by atoms with van der Waals surface area (Å²) in [5.74, 6) is 5.14. The van der Waals surface area contributed by atoms with Crippen molar-refractivity contribution in [1.29, 1.82) is 0 Å². The second-order valence-electron chi connectivity index (χ2n) is 9.85. The fourth-order valence-corrected chi connectivity index (χ4v) is 7.79. The van der Waals surface area contributed by atoms with Crippen molar-refractivity contribution in [3.05, 3.63) is 11.6 Å². The smallest absolute Gasteiger partial charge is 0.00853 e. The fourth-order valence-electron chi connectivity index (χ4n) is 7.79. The summed E-state index contributed by atoms with van der Waals surface area (Å²) in [6.45, 7) is 10.1. The number of allylic oxidation sites excluding steroid dienone is 2. The molecule has 0 bridgehead atoms. The minimum absolute atomic E-state index is 0.571. The lowest BCUT2D eigenvalue weighted by molar-refractivity contribution is -0.105. The second kappa shape index (κ2) is 5.12. The first-order valence-corrected chi connectivity index (χ1v) is 10.1. The van der Waals surface area contributed by atoms with E-state index in [-0.39, 0.29) is 0 Å². The molecule has 0 heteroatoms. The zero-order valence-corrected chi connectivity index (χ0v) is 15.3. The second-order valence-corrected chi connectivity index (χ2v) is 9.85. The molecule has 0 aromatic rings. The summed E-state index contributed by atoms with van der Waals surface area (Å²) >= 11 is 0. The predicted octanol–water partition coefficient (Wildman–Crippen LogP) is 6.61. The van der Waals surface area contributed by atoms with Crippen LogP contribution in [0.4, 0.5) is 0 Å². The van der Waals surface area contributed by atoms with E-state index in [1.807, 2.05) is 0 Å². The molecule has 0 aliphatic heterocycles. The van der Waals surface area contributed by atoms with Gasteiger partial charge in [-0.15, -0.1) is 0 Å². The Morgan fingerprint density at radius 2 is 1.77 bits per heavy atom. The normalized spacial score (nSPS) is 56.4. The van der Waals surface area contributed by atoms with E-state index in [1.54, 1.807) is 18.4 Å². The van der Waals surface area contributed by atoms with E-state index in [0.29, 0.717) is 10.8 Å². The average Bonchev–Trinajstić information content (AvgIpc) is 2.84. The molecule has 0 radical (unpaired) electrons. The Bertz CT molecular complexity index is 474. The number of hydrogen-bond acceptors (Lipinski definition) is 0. The van der Waals surface area contributed by atoms with Gasteiger partial charge < -0.3 is 0 Å². The highest BCUT2D eigenvalue weighted by Crippen LogP contribution is 2.67. The van der Waals surface area contributed by atoms with Crippen molar-refractivity contribution in [2.45, 2.75) is 85.5 Å². The monoisotopic (exact) mass is 300 g/mol. The summed E-state index contributed by atoms with van der Waals surface area (Å²) in [5, 5.41) is 0. The molecular formula is C22H36. The Kier molecular flexibility index (Phi) is 3.55. The molecule has 4 aliphatic rings. The maximum absolute atomic E-state index is 2.70. The Hall–Kier alpha value is -0.260. The summed E-state index contributed by atoms with van der Waals surface area (Å²) < 4.78 is 0. The van der Waals surface area contributed by atoms with E-state index in [2.05, 4.69) is 33.8 Å². The van der Waals surface area contributed by atoms with E-state index in [4.69, 9.17) is 0 Å². The van der Waals surface area contributed by atoms with Gasteiger partial charge in [-0.2, -0.15) is 0 Å². The largest absolute Gasteiger partial charge is 0.0879 e. The lowest BCUT2D eigenvalue weighted by Crippen LogP contribution is -2.52. The van der Waals surface area contributed by atoms with Gasteiger partial charge in [0, 0.05) is 0 Å². The number of rotatable bonds is 0. The molecule has 0 N–H and O–H groups in total. The van der Waals surface area contributed by atoms with E-state index >= 15 is 0 Å². The summed E-state index contributed by atoms with van der Waals surface area (Å²) in [6, 6.07) is 0.